The number of piperidine rings is 1. The lowest BCUT2D eigenvalue weighted by Crippen LogP contribution is -2.47. The van der Waals surface area contributed by atoms with Crippen molar-refractivity contribution >= 4 is 17.9 Å². The molecule has 8 nitrogen and oxygen atoms in total. The number of amides is 3. The number of nitrogens with zero attached hydrogens (tertiary/aromatic N) is 2. The Labute approximate surface area is 101 Å². The van der Waals surface area contributed by atoms with Gasteiger partial charge in [-0.2, -0.15) is 5.06 Å². The first-order valence-corrected chi connectivity index (χ1v) is 5.34. The van der Waals surface area contributed by atoms with Gasteiger partial charge in [0.25, 0.3) is 0 Å². The molecule has 2 rings (SSSR count). The maximum atomic E-state index is 12.9. The number of carboxylic acids is 1. The van der Waals surface area contributed by atoms with Crippen molar-refractivity contribution in [2.24, 2.45) is 5.73 Å². The van der Waals surface area contributed by atoms with Crippen LogP contribution in [0.15, 0.2) is 0 Å². The molecular formula is C9H12FN3O5. The fourth-order valence-corrected chi connectivity index (χ4v) is 2.21. The molecule has 100 valence electrons. The summed E-state index contributed by atoms with van der Waals surface area (Å²) in [4.78, 5) is 38.9. The number of hydrogen-bond acceptors (Lipinski definition) is 4. The van der Waals surface area contributed by atoms with Crippen molar-refractivity contribution in [1.82, 2.24) is 9.96 Å². The van der Waals surface area contributed by atoms with Crippen LogP contribution in [0.1, 0.15) is 12.8 Å². The third-order valence-electron chi connectivity index (χ3n) is 3.05. The molecule has 2 heterocycles. The molecule has 2 aliphatic heterocycles. The quantitative estimate of drug-likeness (QED) is 0.677. The normalized spacial score (nSPS) is 28.4. The Kier molecular flexibility index (Phi) is 3.07. The standard InChI is InChI=1S/C9H12FN3O5/c10-6(8(15)16)18-13-4-1-2-5(7(11)14)12(3-4)9(13)17/h4-6H,1-3H2,(H2,11,14)(H,15,16)/t4-,5-,6-/m0/s1. The monoisotopic (exact) mass is 261 g/mol. The highest BCUT2D eigenvalue weighted by molar-refractivity contribution is 5.87. The molecule has 2 saturated heterocycles. The van der Waals surface area contributed by atoms with Gasteiger partial charge in [0.15, 0.2) is 0 Å². The summed E-state index contributed by atoms with van der Waals surface area (Å²) in [5.74, 6) is -2.45. The van der Waals surface area contributed by atoms with E-state index in [4.69, 9.17) is 10.8 Å². The van der Waals surface area contributed by atoms with Crippen molar-refractivity contribution in [1.29, 1.82) is 0 Å². The highest BCUT2D eigenvalue weighted by Crippen LogP contribution is 2.30. The van der Waals surface area contributed by atoms with Gasteiger partial charge in [-0.25, -0.2) is 18.8 Å². The summed E-state index contributed by atoms with van der Waals surface area (Å²) >= 11 is 0. The fourth-order valence-electron chi connectivity index (χ4n) is 2.21. The zero-order chi connectivity index (χ0) is 13.4. The first-order chi connectivity index (χ1) is 8.41. The van der Waals surface area contributed by atoms with E-state index < -0.39 is 36.3 Å². The molecule has 3 N–H and O–H groups in total. The van der Waals surface area contributed by atoms with Crippen molar-refractivity contribution in [3.8, 4) is 0 Å². The molecule has 0 aromatic heterocycles. The lowest BCUT2D eigenvalue weighted by atomic mass is 10.0. The molecule has 0 aromatic rings. The Morgan fingerprint density at radius 2 is 2.17 bits per heavy atom. The number of hydroxylamine groups is 2. The van der Waals surface area contributed by atoms with Gasteiger partial charge >= 0.3 is 18.4 Å². The van der Waals surface area contributed by atoms with Gasteiger partial charge in [-0.15, -0.1) is 0 Å². The third-order valence-corrected chi connectivity index (χ3v) is 3.05. The van der Waals surface area contributed by atoms with Gasteiger partial charge in [0.1, 0.15) is 6.04 Å². The number of fused-ring (bicyclic) bond motifs is 2. The van der Waals surface area contributed by atoms with E-state index in [0.717, 1.165) is 0 Å². The molecule has 9 heteroatoms. The molecule has 2 fully saturated rings. The van der Waals surface area contributed by atoms with Crippen molar-refractivity contribution in [2.75, 3.05) is 6.54 Å². The van der Waals surface area contributed by atoms with Crippen LogP contribution < -0.4 is 5.73 Å². The second kappa shape index (κ2) is 4.41. The molecule has 18 heavy (non-hydrogen) atoms. The minimum Gasteiger partial charge on any atom is -0.477 e. The van der Waals surface area contributed by atoms with Crippen molar-refractivity contribution < 1.29 is 28.7 Å². The summed E-state index contributed by atoms with van der Waals surface area (Å²) in [7, 11) is 0. The Morgan fingerprint density at radius 1 is 1.50 bits per heavy atom. The number of aliphatic carboxylic acids is 1. The van der Waals surface area contributed by atoms with Gasteiger partial charge in [0.05, 0.1) is 6.04 Å². The van der Waals surface area contributed by atoms with Gasteiger partial charge in [-0.1, -0.05) is 0 Å². The number of carbonyl (C=O) groups excluding carboxylic acids is 2. The average Bonchev–Trinajstić information content (AvgIpc) is 2.54. The average molecular weight is 261 g/mol. The number of urea groups is 1. The van der Waals surface area contributed by atoms with Crippen LogP contribution in [-0.2, 0) is 14.4 Å². The summed E-state index contributed by atoms with van der Waals surface area (Å²) in [6.45, 7) is 0.179. The number of hydrogen-bond donors (Lipinski definition) is 2. The Balaban J connectivity index is 2.10. The SMILES string of the molecule is NC(=O)[C@@H]1CC[C@H]2CN1C(=O)N2O[C@H](F)C(=O)O. The number of nitrogens with two attached hydrogens (primary N) is 1. The number of alkyl halides is 1. The molecule has 0 spiro atoms. The predicted molar refractivity (Wildman–Crippen MR) is 53.6 cm³/mol. The highest BCUT2D eigenvalue weighted by atomic mass is 19.1. The minimum absolute atomic E-state index is 0.179. The van der Waals surface area contributed by atoms with Crippen LogP contribution in [-0.4, -0.2) is 58.0 Å². The lowest BCUT2D eigenvalue weighted by molar-refractivity contribution is -0.223. The molecule has 0 aliphatic carbocycles. The Morgan fingerprint density at radius 3 is 2.72 bits per heavy atom. The Hall–Kier alpha value is -1.90. The van der Waals surface area contributed by atoms with Crippen molar-refractivity contribution in [2.45, 2.75) is 31.3 Å². The summed E-state index contributed by atoms with van der Waals surface area (Å²) in [6.07, 6.45) is -1.85. The molecule has 2 bridgehead atoms. The van der Waals surface area contributed by atoms with Crippen LogP contribution in [0.5, 0.6) is 0 Å². The van der Waals surface area contributed by atoms with E-state index in [0.29, 0.717) is 17.9 Å². The molecular weight excluding hydrogens is 249 g/mol. The first kappa shape index (κ1) is 12.6. The van der Waals surface area contributed by atoms with E-state index in [-0.39, 0.29) is 6.54 Å². The van der Waals surface area contributed by atoms with Crippen LogP contribution in [0, 0.1) is 0 Å². The van der Waals surface area contributed by atoms with Crippen LogP contribution in [0.2, 0.25) is 0 Å². The minimum atomic E-state index is -2.61. The molecule has 2 aliphatic rings. The molecule has 0 aromatic carbocycles. The molecule has 0 saturated carbocycles. The van der Waals surface area contributed by atoms with Gasteiger partial charge in [-0.3, -0.25) is 4.79 Å². The van der Waals surface area contributed by atoms with E-state index in [2.05, 4.69) is 4.84 Å². The topological polar surface area (TPSA) is 113 Å². The van der Waals surface area contributed by atoms with E-state index in [1.807, 2.05) is 0 Å². The van der Waals surface area contributed by atoms with Crippen LogP contribution in [0.25, 0.3) is 0 Å². The molecule has 0 radical (unpaired) electrons. The maximum absolute atomic E-state index is 12.9. The van der Waals surface area contributed by atoms with E-state index in [9.17, 15) is 18.8 Å². The lowest BCUT2D eigenvalue weighted by Gasteiger charge is -2.27. The van der Waals surface area contributed by atoms with Crippen molar-refractivity contribution in [3.05, 3.63) is 0 Å². The maximum Gasteiger partial charge on any atom is 0.368 e. The van der Waals surface area contributed by atoms with Gasteiger partial charge < -0.3 is 15.7 Å². The predicted octanol–water partition coefficient (Wildman–Crippen LogP) is -0.948. The summed E-state index contributed by atoms with van der Waals surface area (Å²) in [5.41, 5.74) is 5.15. The van der Waals surface area contributed by atoms with Crippen LogP contribution >= 0.6 is 0 Å². The van der Waals surface area contributed by atoms with E-state index in [1.165, 1.54) is 4.90 Å². The molecule has 0 unspecified atom stereocenters. The third kappa shape index (κ3) is 1.96. The van der Waals surface area contributed by atoms with Crippen LogP contribution in [0.4, 0.5) is 9.18 Å². The fraction of sp³-hybridized carbons (Fsp3) is 0.667. The second-order valence-corrected chi connectivity index (χ2v) is 4.17. The number of carboxylic acid groups (broad SMARTS) is 1. The van der Waals surface area contributed by atoms with Crippen LogP contribution in [0.3, 0.4) is 0 Å². The number of carbonyl (C=O) groups is 3. The van der Waals surface area contributed by atoms with Gasteiger partial charge in [0.2, 0.25) is 5.91 Å². The second-order valence-electron chi connectivity index (χ2n) is 4.17. The molecule has 3 atom stereocenters. The summed E-state index contributed by atoms with van der Waals surface area (Å²) in [5, 5.41) is 9.07. The Bertz CT molecular complexity index is 404. The first-order valence-electron chi connectivity index (χ1n) is 5.34. The number of primary amides is 1. The van der Waals surface area contributed by atoms with Gasteiger partial charge in [0, 0.05) is 6.54 Å². The number of halogens is 1. The molecule has 3 amide bonds. The van der Waals surface area contributed by atoms with Gasteiger partial charge in [-0.05, 0) is 12.8 Å². The smallest absolute Gasteiger partial charge is 0.368 e. The number of rotatable bonds is 4. The zero-order valence-electron chi connectivity index (χ0n) is 9.28. The van der Waals surface area contributed by atoms with E-state index in [1.54, 1.807) is 0 Å². The highest BCUT2D eigenvalue weighted by Gasteiger charge is 2.48. The van der Waals surface area contributed by atoms with Crippen molar-refractivity contribution in [3.63, 3.8) is 0 Å². The largest absolute Gasteiger partial charge is 0.477 e. The van der Waals surface area contributed by atoms with E-state index >= 15 is 0 Å². The summed E-state index contributed by atoms with van der Waals surface area (Å²) < 4.78 is 12.9. The zero-order valence-corrected chi connectivity index (χ0v) is 9.28. The summed E-state index contributed by atoms with van der Waals surface area (Å²) in [6, 6.07) is -1.93.